The Bertz CT molecular complexity index is 569. The third kappa shape index (κ3) is 4.54. The zero-order valence-electron chi connectivity index (χ0n) is 10.5. The molecule has 2 nitrogen and oxygen atoms in total. The van der Waals surface area contributed by atoms with Crippen LogP contribution >= 0.6 is 34.4 Å². The van der Waals surface area contributed by atoms with Crippen molar-refractivity contribution in [1.29, 1.82) is 0 Å². The SMILES string of the molecule is CC(=O)Nc1ccccc1SCc1ccc(I)cc1. The number of anilines is 1. The molecule has 0 atom stereocenters. The highest BCUT2D eigenvalue weighted by Gasteiger charge is 2.04. The first-order valence-electron chi connectivity index (χ1n) is 5.89. The maximum absolute atomic E-state index is 11.2. The summed E-state index contributed by atoms with van der Waals surface area (Å²) >= 11 is 4.03. The molecule has 19 heavy (non-hydrogen) atoms. The minimum atomic E-state index is -0.0395. The smallest absolute Gasteiger partial charge is 0.221 e. The Morgan fingerprint density at radius 2 is 1.84 bits per heavy atom. The second-order valence-electron chi connectivity index (χ2n) is 4.09. The van der Waals surface area contributed by atoms with E-state index in [4.69, 9.17) is 0 Å². The zero-order chi connectivity index (χ0) is 13.7. The predicted molar refractivity (Wildman–Crippen MR) is 89.5 cm³/mol. The summed E-state index contributed by atoms with van der Waals surface area (Å²) in [5.74, 6) is 0.857. The Balaban J connectivity index is 2.06. The van der Waals surface area contributed by atoms with E-state index in [1.165, 1.54) is 16.1 Å². The van der Waals surface area contributed by atoms with Crippen LogP contribution in [0.25, 0.3) is 0 Å². The number of nitrogens with one attached hydrogen (secondary N) is 1. The lowest BCUT2D eigenvalue weighted by atomic mass is 10.2. The molecule has 4 heteroatoms. The third-order valence-corrected chi connectivity index (χ3v) is 4.37. The molecule has 2 aromatic rings. The molecular weight excluding hydrogens is 369 g/mol. The largest absolute Gasteiger partial charge is 0.325 e. The average Bonchev–Trinajstić information content (AvgIpc) is 2.39. The second kappa shape index (κ2) is 6.96. The van der Waals surface area contributed by atoms with Crippen molar-refractivity contribution in [2.24, 2.45) is 0 Å². The van der Waals surface area contributed by atoms with E-state index >= 15 is 0 Å². The summed E-state index contributed by atoms with van der Waals surface area (Å²) in [6.45, 7) is 1.53. The van der Waals surface area contributed by atoms with Gasteiger partial charge in [-0.1, -0.05) is 24.3 Å². The van der Waals surface area contributed by atoms with Crippen molar-refractivity contribution in [3.05, 3.63) is 57.7 Å². The molecule has 0 radical (unpaired) electrons. The predicted octanol–water partition coefficient (Wildman–Crippen LogP) is 4.54. The summed E-state index contributed by atoms with van der Waals surface area (Å²) in [6, 6.07) is 16.4. The lowest BCUT2D eigenvalue weighted by molar-refractivity contribution is -0.114. The van der Waals surface area contributed by atoms with Crippen molar-refractivity contribution in [2.45, 2.75) is 17.6 Å². The van der Waals surface area contributed by atoms with Crippen molar-refractivity contribution in [1.82, 2.24) is 0 Å². The molecule has 1 amide bonds. The van der Waals surface area contributed by atoms with Crippen molar-refractivity contribution in [3.63, 3.8) is 0 Å². The molecule has 0 aliphatic carbocycles. The van der Waals surface area contributed by atoms with Gasteiger partial charge >= 0.3 is 0 Å². The summed E-state index contributed by atoms with van der Waals surface area (Å²) in [7, 11) is 0. The molecule has 0 aliphatic rings. The van der Waals surface area contributed by atoms with E-state index in [0.29, 0.717) is 0 Å². The van der Waals surface area contributed by atoms with Gasteiger partial charge in [0.15, 0.2) is 0 Å². The molecule has 1 N–H and O–H groups in total. The summed E-state index contributed by atoms with van der Waals surface area (Å²) in [5.41, 5.74) is 2.16. The Labute approximate surface area is 131 Å². The molecule has 0 aromatic heterocycles. The summed E-state index contributed by atoms with van der Waals surface area (Å²) in [4.78, 5) is 12.2. The first-order chi connectivity index (χ1) is 9.15. The van der Waals surface area contributed by atoms with Crippen LogP contribution in [0, 0.1) is 3.57 Å². The Morgan fingerprint density at radius 1 is 1.16 bits per heavy atom. The van der Waals surface area contributed by atoms with Crippen molar-refractivity contribution in [3.8, 4) is 0 Å². The fourth-order valence-electron chi connectivity index (χ4n) is 1.63. The van der Waals surface area contributed by atoms with Crippen molar-refractivity contribution < 1.29 is 4.79 Å². The lowest BCUT2D eigenvalue weighted by Gasteiger charge is -2.09. The average molecular weight is 383 g/mol. The van der Waals surface area contributed by atoms with E-state index < -0.39 is 0 Å². The highest BCUT2D eigenvalue weighted by Crippen LogP contribution is 2.29. The Hall–Kier alpha value is -1.01. The van der Waals surface area contributed by atoms with E-state index in [1.807, 2.05) is 24.3 Å². The van der Waals surface area contributed by atoms with Crippen molar-refractivity contribution in [2.75, 3.05) is 5.32 Å². The van der Waals surface area contributed by atoms with Crippen LogP contribution in [0.3, 0.4) is 0 Å². The van der Waals surface area contributed by atoms with Gasteiger partial charge in [0.1, 0.15) is 0 Å². The standard InChI is InChI=1S/C15H14INOS/c1-11(18)17-14-4-2-3-5-15(14)19-10-12-6-8-13(16)9-7-12/h2-9H,10H2,1H3,(H,17,18). The minimum Gasteiger partial charge on any atom is -0.325 e. The Morgan fingerprint density at radius 3 is 2.53 bits per heavy atom. The number of thioether (sulfide) groups is 1. The van der Waals surface area contributed by atoms with Gasteiger partial charge < -0.3 is 5.32 Å². The van der Waals surface area contributed by atoms with Crippen LogP contribution in [-0.2, 0) is 10.5 Å². The lowest BCUT2D eigenvalue weighted by Crippen LogP contribution is -2.06. The van der Waals surface area contributed by atoms with Gasteiger partial charge in [0.2, 0.25) is 5.91 Å². The van der Waals surface area contributed by atoms with Crippen LogP contribution in [-0.4, -0.2) is 5.91 Å². The summed E-state index contributed by atoms with van der Waals surface area (Å²) < 4.78 is 1.24. The number of halogens is 1. The highest BCUT2D eigenvalue weighted by molar-refractivity contribution is 14.1. The van der Waals surface area contributed by atoms with Gasteiger partial charge in [-0.25, -0.2) is 0 Å². The van der Waals surface area contributed by atoms with Crippen LogP contribution < -0.4 is 5.32 Å². The molecule has 0 fully saturated rings. The molecule has 0 unspecified atom stereocenters. The number of rotatable bonds is 4. The van der Waals surface area contributed by atoms with Gasteiger partial charge in [-0.05, 0) is 52.4 Å². The summed E-state index contributed by atoms with van der Waals surface area (Å²) in [6.07, 6.45) is 0. The van der Waals surface area contributed by atoms with Gasteiger partial charge in [0.25, 0.3) is 0 Å². The van der Waals surface area contributed by atoms with E-state index in [2.05, 4.69) is 52.2 Å². The van der Waals surface area contributed by atoms with Crippen LogP contribution in [0.2, 0.25) is 0 Å². The van der Waals surface area contributed by atoms with E-state index in [1.54, 1.807) is 11.8 Å². The molecule has 0 bridgehead atoms. The normalized spacial score (nSPS) is 10.2. The minimum absolute atomic E-state index is 0.0395. The van der Waals surface area contributed by atoms with Gasteiger partial charge in [0.05, 0.1) is 5.69 Å². The fourth-order valence-corrected chi connectivity index (χ4v) is 2.95. The molecule has 2 aromatic carbocycles. The zero-order valence-corrected chi connectivity index (χ0v) is 13.5. The van der Waals surface area contributed by atoms with E-state index in [0.717, 1.165) is 16.3 Å². The number of para-hydroxylation sites is 1. The molecule has 0 spiro atoms. The van der Waals surface area contributed by atoms with Crippen LogP contribution in [0.15, 0.2) is 53.4 Å². The first-order valence-corrected chi connectivity index (χ1v) is 7.95. The monoisotopic (exact) mass is 383 g/mol. The molecule has 98 valence electrons. The number of amides is 1. The number of carbonyl (C=O) groups is 1. The van der Waals surface area contributed by atoms with Crippen LogP contribution in [0.5, 0.6) is 0 Å². The van der Waals surface area contributed by atoms with E-state index in [9.17, 15) is 4.79 Å². The second-order valence-corrected chi connectivity index (χ2v) is 6.36. The Kier molecular flexibility index (Phi) is 5.27. The number of hydrogen-bond acceptors (Lipinski definition) is 2. The van der Waals surface area contributed by atoms with Gasteiger partial charge in [-0.3, -0.25) is 4.79 Å². The molecule has 0 aliphatic heterocycles. The van der Waals surface area contributed by atoms with E-state index in [-0.39, 0.29) is 5.91 Å². The maximum atomic E-state index is 11.2. The third-order valence-electron chi connectivity index (χ3n) is 2.51. The van der Waals surface area contributed by atoms with Gasteiger partial charge in [0, 0.05) is 21.1 Å². The maximum Gasteiger partial charge on any atom is 0.221 e. The first kappa shape index (κ1) is 14.4. The number of benzene rings is 2. The van der Waals surface area contributed by atoms with Crippen LogP contribution in [0.4, 0.5) is 5.69 Å². The molecule has 0 saturated heterocycles. The molecule has 0 heterocycles. The van der Waals surface area contributed by atoms with Crippen molar-refractivity contribution >= 4 is 45.9 Å². The molecular formula is C15H14INOS. The van der Waals surface area contributed by atoms with Gasteiger partial charge in [-0.15, -0.1) is 11.8 Å². The highest BCUT2D eigenvalue weighted by atomic mass is 127. The number of hydrogen-bond donors (Lipinski definition) is 1. The summed E-state index contributed by atoms with van der Waals surface area (Å²) in [5, 5.41) is 2.86. The van der Waals surface area contributed by atoms with Crippen LogP contribution in [0.1, 0.15) is 12.5 Å². The number of carbonyl (C=O) groups excluding carboxylic acids is 1. The van der Waals surface area contributed by atoms with Gasteiger partial charge in [-0.2, -0.15) is 0 Å². The molecule has 2 rings (SSSR count). The molecule has 0 saturated carbocycles. The fraction of sp³-hybridized carbons (Fsp3) is 0.133. The quantitative estimate of drug-likeness (QED) is 0.621. The topological polar surface area (TPSA) is 29.1 Å².